The summed E-state index contributed by atoms with van der Waals surface area (Å²) in [7, 11) is 1.63. The molecule has 0 bridgehead atoms. The predicted octanol–water partition coefficient (Wildman–Crippen LogP) is 1.91. The van der Waals surface area contributed by atoms with Gasteiger partial charge in [-0.05, 0) is 18.9 Å². The molecule has 1 aliphatic rings. The van der Waals surface area contributed by atoms with E-state index < -0.39 is 5.82 Å². The molecule has 2 heterocycles. The third kappa shape index (κ3) is 3.21. The van der Waals surface area contributed by atoms with Crippen LogP contribution in [0.2, 0.25) is 0 Å². The maximum absolute atomic E-state index is 13.6. The highest BCUT2D eigenvalue weighted by atomic mass is 19.1. The van der Waals surface area contributed by atoms with Crippen molar-refractivity contribution in [2.45, 2.75) is 18.9 Å². The molecule has 24 heavy (non-hydrogen) atoms. The van der Waals surface area contributed by atoms with E-state index in [0.717, 1.165) is 0 Å². The van der Waals surface area contributed by atoms with Gasteiger partial charge in [-0.25, -0.2) is 14.4 Å². The van der Waals surface area contributed by atoms with Gasteiger partial charge in [0.25, 0.3) is 0 Å². The first kappa shape index (κ1) is 16.0. The molecule has 2 aromatic rings. The molecule has 1 saturated carbocycles. The lowest BCUT2D eigenvalue weighted by Crippen LogP contribution is -2.38. The van der Waals surface area contributed by atoms with Gasteiger partial charge in [-0.2, -0.15) is 5.26 Å². The molecule has 1 fully saturated rings. The number of nitrogens with zero attached hydrogens (tertiary/aromatic N) is 4. The Bertz CT molecular complexity index is 797. The Balaban J connectivity index is 1.66. The van der Waals surface area contributed by atoms with Crippen LogP contribution in [0.15, 0.2) is 24.7 Å². The van der Waals surface area contributed by atoms with Crippen LogP contribution < -0.4 is 5.32 Å². The first-order valence-electron chi connectivity index (χ1n) is 7.32. The number of carbonyl (C=O) groups is 1. The Hall–Kier alpha value is -2.92. The average Bonchev–Trinajstić information content (AvgIpc) is 2.54. The zero-order chi connectivity index (χ0) is 17.1. The van der Waals surface area contributed by atoms with Crippen LogP contribution in [0.25, 0.3) is 11.3 Å². The van der Waals surface area contributed by atoms with E-state index in [9.17, 15) is 9.18 Å². The fourth-order valence-electron chi connectivity index (χ4n) is 2.40. The first-order chi connectivity index (χ1) is 11.6. The summed E-state index contributed by atoms with van der Waals surface area (Å²) in [6, 6.07) is 2.83. The normalized spacial score (nSPS) is 19.2. The van der Waals surface area contributed by atoms with Crippen molar-refractivity contribution in [1.82, 2.24) is 15.0 Å². The lowest BCUT2D eigenvalue weighted by Gasteiger charge is -2.32. The van der Waals surface area contributed by atoms with Crippen molar-refractivity contribution in [2.75, 3.05) is 12.4 Å². The van der Waals surface area contributed by atoms with Gasteiger partial charge < -0.3 is 10.1 Å². The van der Waals surface area contributed by atoms with E-state index in [0.29, 0.717) is 29.9 Å². The molecule has 2 aromatic heterocycles. The van der Waals surface area contributed by atoms with E-state index >= 15 is 0 Å². The highest BCUT2D eigenvalue weighted by molar-refractivity contribution is 5.92. The number of aromatic nitrogens is 3. The van der Waals surface area contributed by atoms with Crippen LogP contribution in [0.1, 0.15) is 18.5 Å². The van der Waals surface area contributed by atoms with Crippen molar-refractivity contribution >= 4 is 11.7 Å². The van der Waals surface area contributed by atoms with Gasteiger partial charge in [0.1, 0.15) is 6.07 Å². The van der Waals surface area contributed by atoms with E-state index in [-0.39, 0.29) is 23.6 Å². The number of nitriles is 1. The molecule has 1 aliphatic carbocycles. The highest BCUT2D eigenvalue weighted by Gasteiger charge is 2.34. The zero-order valence-electron chi connectivity index (χ0n) is 12.9. The lowest BCUT2D eigenvalue weighted by molar-refractivity contribution is -0.127. The molecule has 3 rings (SSSR count). The second-order valence-electron chi connectivity index (χ2n) is 5.47. The maximum atomic E-state index is 13.6. The number of rotatable bonds is 4. The molecule has 7 nitrogen and oxygen atoms in total. The van der Waals surface area contributed by atoms with Crippen molar-refractivity contribution in [3.63, 3.8) is 0 Å². The number of amides is 1. The Morgan fingerprint density at radius 3 is 2.71 bits per heavy atom. The van der Waals surface area contributed by atoms with Gasteiger partial charge >= 0.3 is 0 Å². The lowest BCUT2D eigenvalue weighted by atomic mass is 9.81. The van der Waals surface area contributed by atoms with Crippen LogP contribution in [0.5, 0.6) is 0 Å². The van der Waals surface area contributed by atoms with Gasteiger partial charge in [-0.1, -0.05) is 0 Å². The van der Waals surface area contributed by atoms with Crippen LogP contribution in [0.4, 0.5) is 10.2 Å². The minimum Gasteiger partial charge on any atom is -0.381 e. The number of carbonyl (C=O) groups excluding carboxylic acids is 1. The number of halogens is 1. The summed E-state index contributed by atoms with van der Waals surface area (Å²) in [6.07, 6.45) is 5.71. The summed E-state index contributed by atoms with van der Waals surface area (Å²) in [4.78, 5) is 24.0. The van der Waals surface area contributed by atoms with Crippen molar-refractivity contribution in [1.29, 1.82) is 5.26 Å². The summed E-state index contributed by atoms with van der Waals surface area (Å²) in [5.41, 5.74) is 0.524. The highest BCUT2D eigenvalue weighted by Crippen LogP contribution is 2.30. The van der Waals surface area contributed by atoms with Crippen LogP contribution in [-0.2, 0) is 9.53 Å². The van der Waals surface area contributed by atoms with Gasteiger partial charge in [0, 0.05) is 24.8 Å². The van der Waals surface area contributed by atoms with Crippen molar-refractivity contribution in [2.24, 2.45) is 5.92 Å². The van der Waals surface area contributed by atoms with E-state index in [4.69, 9.17) is 10.00 Å². The summed E-state index contributed by atoms with van der Waals surface area (Å²) >= 11 is 0. The third-order valence-electron chi connectivity index (χ3n) is 3.94. The van der Waals surface area contributed by atoms with E-state index in [1.54, 1.807) is 13.2 Å². The molecule has 0 aliphatic heterocycles. The number of methoxy groups -OCH3 is 1. The number of pyridine rings is 1. The smallest absolute Gasteiger partial charge is 0.228 e. The number of hydrogen-bond acceptors (Lipinski definition) is 6. The van der Waals surface area contributed by atoms with Gasteiger partial charge in [-0.3, -0.25) is 9.78 Å². The van der Waals surface area contributed by atoms with E-state index in [2.05, 4.69) is 20.3 Å². The molecule has 0 saturated heterocycles. The molecular weight excluding hydrogens is 313 g/mol. The molecule has 0 unspecified atom stereocenters. The summed E-state index contributed by atoms with van der Waals surface area (Å²) < 4.78 is 18.7. The van der Waals surface area contributed by atoms with Crippen molar-refractivity contribution in [3.05, 3.63) is 36.2 Å². The first-order valence-corrected chi connectivity index (χ1v) is 7.32. The molecule has 0 radical (unpaired) electrons. The fourth-order valence-corrected chi connectivity index (χ4v) is 2.40. The predicted molar refractivity (Wildman–Crippen MR) is 82.1 cm³/mol. The Labute approximate surface area is 137 Å². The molecule has 1 N–H and O–H groups in total. The zero-order valence-corrected chi connectivity index (χ0v) is 12.9. The van der Waals surface area contributed by atoms with Crippen LogP contribution in [0.3, 0.4) is 0 Å². The largest absolute Gasteiger partial charge is 0.381 e. The number of ether oxygens (including phenoxy) is 1. The second kappa shape index (κ2) is 6.68. The van der Waals surface area contributed by atoms with Gasteiger partial charge in [0.05, 0.1) is 24.2 Å². The van der Waals surface area contributed by atoms with Crippen LogP contribution >= 0.6 is 0 Å². The van der Waals surface area contributed by atoms with E-state index in [1.807, 2.05) is 0 Å². The minimum absolute atomic E-state index is 0.0757. The standard InChI is InChI=1S/C16H14FN5O2/c1-24-11-2-9(3-11)16(23)22-15-8-20-14(7-21-15)10-4-12(17)13(5-18)19-6-10/h4,6-9,11H,2-3H2,1H3,(H,21,22,23). The molecule has 0 atom stereocenters. The second-order valence-corrected chi connectivity index (χ2v) is 5.47. The van der Waals surface area contributed by atoms with Crippen LogP contribution in [0, 0.1) is 23.1 Å². The molecule has 1 amide bonds. The van der Waals surface area contributed by atoms with Gasteiger partial charge in [0.2, 0.25) is 5.91 Å². The average molecular weight is 327 g/mol. The molecule has 122 valence electrons. The van der Waals surface area contributed by atoms with Crippen LogP contribution in [-0.4, -0.2) is 34.1 Å². The molecular formula is C16H14FN5O2. The quantitative estimate of drug-likeness (QED) is 0.920. The number of hydrogen-bond donors (Lipinski definition) is 1. The summed E-state index contributed by atoms with van der Waals surface area (Å²) in [5, 5.41) is 11.4. The number of anilines is 1. The Morgan fingerprint density at radius 1 is 1.33 bits per heavy atom. The summed E-state index contributed by atoms with van der Waals surface area (Å²) in [6.45, 7) is 0. The Kier molecular flexibility index (Phi) is 4.44. The third-order valence-corrected chi connectivity index (χ3v) is 3.94. The minimum atomic E-state index is -0.716. The SMILES string of the molecule is COC1CC(C(=O)Nc2cnc(-c3cnc(C#N)c(F)c3)cn2)C1. The Morgan fingerprint density at radius 2 is 2.12 bits per heavy atom. The fraction of sp³-hybridized carbons (Fsp3) is 0.312. The summed E-state index contributed by atoms with van der Waals surface area (Å²) in [5.74, 6) is -0.580. The van der Waals surface area contributed by atoms with Gasteiger partial charge in [0.15, 0.2) is 17.3 Å². The van der Waals surface area contributed by atoms with E-state index in [1.165, 1.54) is 24.7 Å². The molecule has 8 heteroatoms. The van der Waals surface area contributed by atoms with Crippen molar-refractivity contribution < 1.29 is 13.9 Å². The van der Waals surface area contributed by atoms with Gasteiger partial charge in [-0.15, -0.1) is 0 Å². The maximum Gasteiger partial charge on any atom is 0.228 e. The van der Waals surface area contributed by atoms with Crippen molar-refractivity contribution in [3.8, 4) is 17.3 Å². The molecule has 0 spiro atoms. The molecule has 0 aromatic carbocycles. The number of nitrogens with one attached hydrogen (secondary N) is 1. The monoisotopic (exact) mass is 327 g/mol. The topological polar surface area (TPSA) is 101 Å².